The van der Waals surface area contributed by atoms with Crippen molar-refractivity contribution >= 4 is 44.2 Å². The van der Waals surface area contributed by atoms with E-state index in [1.807, 2.05) is 48.5 Å². The van der Waals surface area contributed by atoms with Crippen molar-refractivity contribution in [1.29, 1.82) is 0 Å². The number of carbonyl (C=O) groups is 1. The van der Waals surface area contributed by atoms with Crippen molar-refractivity contribution in [2.75, 3.05) is 23.3 Å². The molecule has 4 rings (SSSR count). The lowest BCUT2D eigenvalue weighted by Crippen LogP contribution is -2.32. The van der Waals surface area contributed by atoms with Gasteiger partial charge in [0.2, 0.25) is 5.91 Å². The van der Waals surface area contributed by atoms with Gasteiger partial charge in [0.05, 0.1) is 5.52 Å². The quantitative estimate of drug-likeness (QED) is 0.281. The second kappa shape index (κ2) is 10.7. The molecule has 1 N–H and O–H groups in total. The van der Waals surface area contributed by atoms with Crippen LogP contribution in [0, 0.1) is 11.7 Å². The first kappa shape index (κ1) is 23.8. The number of hydrogen-bond donors (Lipinski definition) is 1. The van der Waals surface area contributed by atoms with E-state index in [0.29, 0.717) is 24.0 Å². The number of carbonyl (C=O) groups excluding carboxylic acids is 1. The van der Waals surface area contributed by atoms with E-state index in [9.17, 15) is 9.18 Å². The molecule has 0 saturated heterocycles. The van der Waals surface area contributed by atoms with Crippen LogP contribution < -0.4 is 10.2 Å². The van der Waals surface area contributed by atoms with Crippen molar-refractivity contribution in [3.63, 3.8) is 0 Å². The standard InChI is InChI=1S/C27H26BrFN4O/c1-18(2)17-33(15-14-25(34)30-22-12-10-21(29)11-13-22)27-23-8-3-4-9-24(23)31-26(32-27)19-6-5-7-20(28)16-19/h3-13,16,18H,14-15,17H2,1-2H3,(H,30,34). The zero-order chi connectivity index (χ0) is 24.1. The largest absolute Gasteiger partial charge is 0.355 e. The van der Waals surface area contributed by atoms with Gasteiger partial charge < -0.3 is 10.2 Å². The van der Waals surface area contributed by atoms with Crippen LogP contribution in [0.4, 0.5) is 15.9 Å². The fraction of sp³-hybridized carbons (Fsp3) is 0.222. The number of nitrogens with one attached hydrogen (secondary N) is 1. The summed E-state index contributed by atoms with van der Waals surface area (Å²) in [7, 11) is 0. The number of nitrogens with zero attached hydrogens (tertiary/aromatic N) is 3. The Morgan fingerprint density at radius 2 is 1.79 bits per heavy atom. The molecule has 0 aliphatic rings. The number of aromatic nitrogens is 2. The van der Waals surface area contributed by atoms with Crippen molar-refractivity contribution < 1.29 is 9.18 Å². The minimum Gasteiger partial charge on any atom is -0.355 e. The van der Waals surface area contributed by atoms with Crippen molar-refractivity contribution in [1.82, 2.24) is 9.97 Å². The molecule has 0 atom stereocenters. The Bertz CT molecular complexity index is 1290. The molecular formula is C27H26BrFN4O. The molecule has 34 heavy (non-hydrogen) atoms. The molecular weight excluding hydrogens is 495 g/mol. The number of para-hydroxylation sites is 1. The van der Waals surface area contributed by atoms with E-state index in [2.05, 4.69) is 40.0 Å². The van der Waals surface area contributed by atoms with Gasteiger partial charge in [0.1, 0.15) is 11.6 Å². The van der Waals surface area contributed by atoms with Crippen LogP contribution in [-0.2, 0) is 4.79 Å². The van der Waals surface area contributed by atoms with Gasteiger partial charge in [-0.15, -0.1) is 0 Å². The number of halogens is 2. The Morgan fingerprint density at radius 1 is 1.03 bits per heavy atom. The van der Waals surface area contributed by atoms with Gasteiger partial charge in [-0.25, -0.2) is 14.4 Å². The number of rotatable bonds is 8. The van der Waals surface area contributed by atoms with E-state index in [4.69, 9.17) is 9.97 Å². The Balaban J connectivity index is 1.64. The van der Waals surface area contributed by atoms with E-state index in [1.165, 1.54) is 12.1 Å². The summed E-state index contributed by atoms with van der Waals surface area (Å²) in [5.41, 5.74) is 2.35. The third-order valence-corrected chi connectivity index (χ3v) is 5.78. The maximum absolute atomic E-state index is 13.2. The molecule has 0 radical (unpaired) electrons. The Hall–Kier alpha value is -3.32. The van der Waals surface area contributed by atoms with Gasteiger partial charge in [0.25, 0.3) is 0 Å². The summed E-state index contributed by atoms with van der Waals surface area (Å²) in [6.45, 7) is 5.52. The molecule has 4 aromatic rings. The summed E-state index contributed by atoms with van der Waals surface area (Å²) in [4.78, 5) is 24.5. The molecule has 0 saturated carbocycles. The molecule has 0 aliphatic heterocycles. The maximum atomic E-state index is 13.2. The second-order valence-corrected chi connectivity index (χ2v) is 9.46. The van der Waals surface area contributed by atoms with Crippen LogP contribution in [0.1, 0.15) is 20.3 Å². The summed E-state index contributed by atoms with van der Waals surface area (Å²) in [5.74, 6) is 1.34. The van der Waals surface area contributed by atoms with Crippen LogP contribution in [0.15, 0.2) is 77.3 Å². The number of amides is 1. The van der Waals surface area contributed by atoms with Crippen LogP contribution >= 0.6 is 15.9 Å². The molecule has 0 bridgehead atoms. The predicted octanol–water partition coefficient (Wildman–Crippen LogP) is 6.69. The predicted molar refractivity (Wildman–Crippen MR) is 139 cm³/mol. The zero-order valence-electron chi connectivity index (χ0n) is 19.1. The van der Waals surface area contributed by atoms with E-state index >= 15 is 0 Å². The third-order valence-electron chi connectivity index (χ3n) is 5.29. The SMILES string of the molecule is CC(C)CN(CCC(=O)Nc1ccc(F)cc1)c1nc(-c2cccc(Br)c2)nc2ccccc12. The summed E-state index contributed by atoms with van der Waals surface area (Å²) in [5, 5.41) is 3.78. The lowest BCUT2D eigenvalue weighted by atomic mass is 10.1. The Morgan fingerprint density at radius 3 is 2.53 bits per heavy atom. The highest BCUT2D eigenvalue weighted by Gasteiger charge is 2.18. The van der Waals surface area contributed by atoms with Gasteiger partial charge in [-0.1, -0.05) is 54.0 Å². The Kier molecular flexibility index (Phi) is 7.53. The van der Waals surface area contributed by atoms with Crippen LogP contribution in [0.2, 0.25) is 0 Å². The highest BCUT2D eigenvalue weighted by Crippen LogP contribution is 2.29. The average molecular weight is 521 g/mol. The van der Waals surface area contributed by atoms with Crippen molar-refractivity contribution in [3.05, 3.63) is 83.1 Å². The van der Waals surface area contributed by atoms with Gasteiger partial charge in [0, 0.05) is 40.6 Å². The highest BCUT2D eigenvalue weighted by atomic mass is 79.9. The fourth-order valence-corrected chi connectivity index (χ4v) is 4.17. The number of benzene rings is 3. The molecule has 174 valence electrons. The molecule has 7 heteroatoms. The lowest BCUT2D eigenvalue weighted by molar-refractivity contribution is -0.116. The summed E-state index contributed by atoms with van der Waals surface area (Å²) >= 11 is 3.53. The molecule has 1 amide bonds. The molecule has 0 aliphatic carbocycles. The zero-order valence-corrected chi connectivity index (χ0v) is 20.7. The normalized spacial score (nSPS) is 11.1. The summed E-state index contributed by atoms with van der Waals surface area (Å²) in [6.07, 6.45) is 0.272. The van der Waals surface area contributed by atoms with E-state index < -0.39 is 0 Å². The van der Waals surface area contributed by atoms with E-state index in [-0.39, 0.29) is 18.1 Å². The topological polar surface area (TPSA) is 58.1 Å². The Labute approximate surface area is 207 Å². The van der Waals surface area contributed by atoms with Gasteiger partial charge in [0.15, 0.2) is 5.82 Å². The first-order valence-corrected chi connectivity index (χ1v) is 12.0. The van der Waals surface area contributed by atoms with Crippen LogP contribution in [-0.4, -0.2) is 29.0 Å². The van der Waals surface area contributed by atoms with E-state index in [1.54, 1.807) is 12.1 Å². The van der Waals surface area contributed by atoms with Crippen molar-refractivity contribution in [2.24, 2.45) is 5.92 Å². The van der Waals surface area contributed by atoms with Gasteiger partial charge in [-0.3, -0.25) is 4.79 Å². The summed E-state index contributed by atoms with van der Waals surface area (Å²) < 4.78 is 14.1. The van der Waals surface area contributed by atoms with Crippen LogP contribution in [0.5, 0.6) is 0 Å². The summed E-state index contributed by atoms with van der Waals surface area (Å²) in [6, 6.07) is 21.6. The van der Waals surface area contributed by atoms with Gasteiger partial charge in [-0.05, 0) is 54.4 Å². The van der Waals surface area contributed by atoms with Crippen molar-refractivity contribution in [2.45, 2.75) is 20.3 Å². The molecule has 1 aromatic heterocycles. The molecule has 5 nitrogen and oxygen atoms in total. The molecule has 0 unspecified atom stereocenters. The highest BCUT2D eigenvalue weighted by molar-refractivity contribution is 9.10. The molecule has 0 spiro atoms. The second-order valence-electron chi connectivity index (χ2n) is 8.54. The molecule has 3 aromatic carbocycles. The van der Waals surface area contributed by atoms with Gasteiger partial charge in [-0.2, -0.15) is 0 Å². The van der Waals surface area contributed by atoms with Gasteiger partial charge >= 0.3 is 0 Å². The van der Waals surface area contributed by atoms with E-state index in [0.717, 1.165) is 33.3 Å². The van der Waals surface area contributed by atoms with Crippen molar-refractivity contribution in [3.8, 4) is 11.4 Å². The maximum Gasteiger partial charge on any atom is 0.226 e. The third kappa shape index (κ3) is 5.97. The molecule has 1 heterocycles. The number of fused-ring (bicyclic) bond motifs is 1. The fourth-order valence-electron chi connectivity index (χ4n) is 3.78. The average Bonchev–Trinajstić information content (AvgIpc) is 2.82. The first-order chi connectivity index (χ1) is 16.4. The minimum atomic E-state index is -0.335. The monoisotopic (exact) mass is 520 g/mol. The number of hydrogen-bond acceptors (Lipinski definition) is 4. The smallest absolute Gasteiger partial charge is 0.226 e. The van der Waals surface area contributed by atoms with Crippen LogP contribution in [0.25, 0.3) is 22.3 Å². The first-order valence-electron chi connectivity index (χ1n) is 11.2. The number of anilines is 2. The lowest BCUT2D eigenvalue weighted by Gasteiger charge is -2.27. The molecule has 0 fully saturated rings. The van der Waals surface area contributed by atoms with Crippen LogP contribution in [0.3, 0.4) is 0 Å². The minimum absolute atomic E-state index is 0.133.